The molecule has 2 aromatic rings. The Morgan fingerprint density at radius 1 is 1.00 bits per heavy atom. The Labute approximate surface area is 125 Å². The van der Waals surface area contributed by atoms with Gasteiger partial charge in [-0.25, -0.2) is 4.39 Å². The zero-order valence-corrected chi connectivity index (χ0v) is 12.5. The van der Waals surface area contributed by atoms with E-state index in [1.807, 2.05) is 18.2 Å². The average Bonchev–Trinajstić information content (AvgIpc) is 2.39. The number of rotatable bonds is 5. The summed E-state index contributed by atoms with van der Waals surface area (Å²) in [7, 11) is 0. The van der Waals surface area contributed by atoms with Crippen LogP contribution in [0, 0.1) is 5.82 Å². The maximum atomic E-state index is 12.7. The standard InChI is InChI=1S/C14H13ClFNS2/c15-12-2-1-3-13(17)14(12)19-9-8-18-11-6-4-10(16)5-7-11/h1-7H,8-9,17H2. The van der Waals surface area contributed by atoms with Gasteiger partial charge in [0.15, 0.2) is 0 Å². The van der Waals surface area contributed by atoms with Crippen molar-refractivity contribution in [1.82, 2.24) is 0 Å². The molecule has 1 nitrogen and oxygen atoms in total. The fraction of sp³-hybridized carbons (Fsp3) is 0.143. The summed E-state index contributed by atoms with van der Waals surface area (Å²) in [5, 5.41) is 0.691. The lowest BCUT2D eigenvalue weighted by Crippen LogP contribution is -1.91. The Hall–Kier alpha value is -0.840. The summed E-state index contributed by atoms with van der Waals surface area (Å²) in [4.78, 5) is 2.00. The van der Waals surface area contributed by atoms with Crippen LogP contribution in [0.2, 0.25) is 5.02 Å². The minimum Gasteiger partial charge on any atom is -0.398 e. The summed E-state index contributed by atoms with van der Waals surface area (Å²) in [5.74, 6) is 1.61. The molecule has 0 fully saturated rings. The van der Waals surface area contributed by atoms with Crippen molar-refractivity contribution in [3.63, 3.8) is 0 Å². The first-order valence-electron chi connectivity index (χ1n) is 5.72. The number of nitrogens with two attached hydrogens (primary N) is 1. The van der Waals surface area contributed by atoms with Gasteiger partial charge in [-0.2, -0.15) is 0 Å². The largest absolute Gasteiger partial charge is 0.398 e. The average molecular weight is 314 g/mol. The molecule has 5 heteroatoms. The van der Waals surface area contributed by atoms with Gasteiger partial charge in [-0.05, 0) is 36.4 Å². The summed E-state index contributed by atoms with van der Waals surface area (Å²) in [6, 6.07) is 12.1. The van der Waals surface area contributed by atoms with Gasteiger partial charge in [-0.3, -0.25) is 0 Å². The molecule has 0 saturated heterocycles. The third-order valence-corrected chi connectivity index (χ3v) is 5.26. The van der Waals surface area contributed by atoms with Crippen molar-refractivity contribution >= 4 is 40.8 Å². The molecule has 0 unspecified atom stereocenters. The zero-order valence-electron chi connectivity index (χ0n) is 10.1. The summed E-state index contributed by atoms with van der Waals surface area (Å²) in [5.41, 5.74) is 6.59. The van der Waals surface area contributed by atoms with E-state index < -0.39 is 0 Å². The number of benzene rings is 2. The molecule has 0 bridgehead atoms. The van der Waals surface area contributed by atoms with Gasteiger partial charge in [0.1, 0.15) is 5.82 Å². The summed E-state index contributed by atoms with van der Waals surface area (Å²) >= 11 is 9.43. The van der Waals surface area contributed by atoms with Crippen LogP contribution in [-0.4, -0.2) is 11.5 Å². The lowest BCUT2D eigenvalue weighted by atomic mass is 10.3. The number of hydrogen-bond acceptors (Lipinski definition) is 3. The van der Waals surface area contributed by atoms with Gasteiger partial charge in [0, 0.05) is 27.0 Å². The molecular weight excluding hydrogens is 301 g/mol. The Bertz CT molecular complexity index is 525. The molecule has 2 rings (SSSR count). The van der Waals surface area contributed by atoms with E-state index >= 15 is 0 Å². The van der Waals surface area contributed by atoms with Gasteiger partial charge in [0.05, 0.1) is 5.02 Å². The van der Waals surface area contributed by atoms with E-state index in [0.29, 0.717) is 10.7 Å². The first-order chi connectivity index (χ1) is 9.16. The highest BCUT2D eigenvalue weighted by atomic mass is 35.5. The molecule has 19 heavy (non-hydrogen) atoms. The molecule has 2 aromatic carbocycles. The minimum atomic E-state index is -0.206. The number of halogens is 2. The molecule has 0 heterocycles. The van der Waals surface area contributed by atoms with Crippen molar-refractivity contribution in [1.29, 1.82) is 0 Å². The lowest BCUT2D eigenvalue weighted by molar-refractivity contribution is 0.626. The molecule has 2 N–H and O–H groups in total. The van der Waals surface area contributed by atoms with Gasteiger partial charge in [-0.1, -0.05) is 17.7 Å². The predicted molar refractivity (Wildman–Crippen MR) is 83.7 cm³/mol. The van der Waals surface area contributed by atoms with Gasteiger partial charge in [-0.15, -0.1) is 23.5 Å². The molecule has 0 aliphatic rings. The van der Waals surface area contributed by atoms with Gasteiger partial charge in [0.25, 0.3) is 0 Å². The second-order valence-corrected chi connectivity index (χ2v) is 6.49. The smallest absolute Gasteiger partial charge is 0.123 e. The van der Waals surface area contributed by atoms with Crippen molar-refractivity contribution < 1.29 is 4.39 Å². The Kier molecular flexibility index (Phi) is 5.43. The molecule has 0 saturated carbocycles. The molecule has 0 amide bonds. The van der Waals surface area contributed by atoms with E-state index in [1.165, 1.54) is 12.1 Å². The Balaban J connectivity index is 1.82. The van der Waals surface area contributed by atoms with Crippen molar-refractivity contribution in [2.45, 2.75) is 9.79 Å². The molecule has 0 spiro atoms. The van der Waals surface area contributed by atoms with Crippen LogP contribution in [0.1, 0.15) is 0 Å². The molecule has 0 atom stereocenters. The Morgan fingerprint density at radius 3 is 2.37 bits per heavy atom. The minimum absolute atomic E-state index is 0.206. The van der Waals surface area contributed by atoms with Gasteiger partial charge in [0.2, 0.25) is 0 Å². The van der Waals surface area contributed by atoms with Crippen molar-refractivity contribution in [3.05, 3.63) is 53.3 Å². The van der Waals surface area contributed by atoms with E-state index in [2.05, 4.69) is 0 Å². The van der Waals surface area contributed by atoms with Gasteiger partial charge >= 0.3 is 0 Å². The van der Waals surface area contributed by atoms with Gasteiger partial charge < -0.3 is 5.73 Å². The van der Waals surface area contributed by atoms with Crippen molar-refractivity contribution in [3.8, 4) is 0 Å². The molecule has 0 aliphatic heterocycles. The SMILES string of the molecule is Nc1cccc(Cl)c1SCCSc1ccc(F)cc1. The summed E-state index contributed by atoms with van der Waals surface area (Å²) in [6.45, 7) is 0. The van der Waals surface area contributed by atoms with Crippen LogP contribution in [0.5, 0.6) is 0 Å². The number of anilines is 1. The quantitative estimate of drug-likeness (QED) is 0.481. The monoisotopic (exact) mass is 313 g/mol. The van der Waals surface area contributed by atoms with Crippen LogP contribution in [0.25, 0.3) is 0 Å². The van der Waals surface area contributed by atoms with Crippen molar-refractivity contribution in [2.24, 2.45) is 0 Å². The fourth-order valence-corrected chi connectivity index (χ4v) is 3.73. The molecule has 100 valence electrons. The van der Waals surface area contributed by atoms with Crippen molar-refractivity contribution in [2.75, 3.05) is 17.2 Å². The van der Waals surface area contributed by atoms with Crippen LogP contribution in [0.4, 0.5) is 10.1 Å². The maximum absolute atomic E-state index is 12.7. The normalized spacial score (nSPS) is 10.6. The van der Waals surface area contributed by atoms with Crippen LogP contribution >= 0.6 is 35.1 Å². The van der Waals surface area contributed by atoms with Crippen LogP contribution in [-0.2, 0) is 0 Å². The predicted octanol–water partition coefficient (Wildman–Crippen LogP) is 4.95. The highest BCUT2D eigenvalue weighted by Crippen LogP contribution is 2.33. The third-order valence-electron chi connectivity index (χ3n) is 2.41. The molecular formula is C14H13ClFNS2. The molecule has 0 aliphatic carbocycles. The van der Waals surface area contributed by atoms with E-state index in [-0.39, 0.29) is 5.82 Å². The van der Waals surface area contributed by atoms with E-state index in [0.717, 1.165) is 21.3 Å². The number of nitrogen functional groups attached to an aromatic ring is 1. The number of thioether (sulfide) groups is 2. The highest BCUT2D eigenvalue weighted by Gasteiger charge is 2.05. The lowest BCUT2D eigenvalue weighted by Gasteiger charge is -2.07. The third kappa shape index (κ3) is 4.34. The highest BCUT2D eigenvalue weighted by molar-refractivity contribution is 8.03. The van der Waals surface area contributed by atoms with E-state index in [9.17, 15) is 4.39 Å². The zero-order chi connectivity index (χ0) is 13.7. The summed E-state index contributed by atoms with van der Waals surface area (Å²) in [6.07, 6.45) is 0. The second-order valence-electron chi connectivity index (χ2n) is 3.81. The van der Waals surface area contributed by atoms with E-state index in [1.54, 1.807) is 35.7 Å². The maximum Gasteiger partial charge on any atom is 0.123 e. The summed E-state index contributed by atoms with van der Waals surface area (Å²) < 4.78 is 12.7. The second kappa shape index (κ2) is 7.08. The first kappa shape index (κ1) is 14.6. The van der Waals surface area contributed by atoms with E-state index in [4.69, 9.17) is 17.3 Å². The van der Waals surface area contributed by atoms with Crippen LogP contribution in [0.15, 0.2) is 52.3 Å². The fourth-order valence-electron chi connectivity index (χ4n) is 1.51. The number of hydrogen-bond donors (Lipinski definition) is 1. The van der Waals surface area contributed by atoms with Crippen LogP contribution in [0.3, 0.4) is 0 Å². The molecule has 0 radical (unpaired) electrons. The molecule has 0 aromatic heterocycles. The topological polar surface area (TPSA) is 26.0 Å². The van der Waals surface area contributed by atoms with Crippen LogP contribution < -0.4 is 5.73 Å². The Morgan fingerprint density at radius 2 is 1.68 bits per heavy atom. The first-order valence-corrected chi connectivity index (χ1v) is 8.07.